The standard InChI is InChI=1S/C14H17N5O/c20-14(12-10-15-8-9-16-12)18-13-6-7-17-19(13)11-4-2-1-3-5-11/h6-11H,1-5H2,(H,18,20). The molecule has 0 unspecified atom stereocenters. The zero-order valence-corrected chi connectivity index (χ0v) is 11.2. The van der Waals surface area contributed by atoms with Crippen LogP contribution in [0.1, 0.15) is 48.6 Å². The minimum absolute atomic E-state index is 0.254. The summed E-state index contributed by atoms with van der Waals surface area (Å²) in [7, 11) is 0. The normalized spacial score (nSPS) is 16.0. The fourth-order valence-electron chi connectivity index (χ4n) is 2.63. The molecule has 104 valence electrons. The maximum Gasteiger partial charge on any atom is 0.277 e. The molecule has 0 aliphatic heterocycles. The summed E-state index contributed by atoms with van der Waals surface area (Å²) in [6.45, 7) is 0. The smallest absolute Gasteiger partial charge is 0.277 e. The lowest BCUT2D eigenvalue weighted by Crippen LogP contribution is -2.20. The summed E-state index contributed by atoms with van der Waals surface area (Å²) < 4.78 is 1.92. The van der Waals surface area contributed by atoms with Crippen molar-refractivity contribution < 1.29 is 4.79 Å². The van der Waals surface area contributed by atoms with Crippen molar-refractivity contribution in [3.05, 3.63) is 36.5 Å². The highest BCUT2D eigenvalue weighted by Gasteiger charge is 2.19. The van der Waals surface area contributed by atoms with Crippen LogP contribution >= 0.6 is 0 Å². The van der Waals surface area contributed by atoms with Crippen LogP contribution in [0.4, 0.5) is 5.82 Å². The lowest BCUT2D eigenvalue weighted by atomic mass is 9.96. The first kappa shape index (κ1) is 12.8. The Morgan fingerprint density at radius 1 is 1.20 bits per heavy atom. The van der Waals surface area contributed by atoms with E-state index in [0.29, 0.717) is 11.7 Å². The summed E-state index contributed by atoms with van der Waals surface area (Å²) >= 11 is 0. The summed E-state index contributed by atoms with van der Waals surface area (Å²) in [5, 5.41) is 7.22. The lowest BCUT2D eigenvalue weighted by molar-refractivity contribution is 0.102. The first-order valence-electron chi connectivity index (χ1n) is 6.95. The van der Waals surface area contributed by atoms with E-state index in [-0.39, 0.29) is 5.91 Å². The molecule has 6 nitrogen and oxygen atoms in total. The van der Waals surface area contributed by atoms with Gasteiger partial charge in [0.1, 0.15) is 11.5 Å². The predicted molar refractivity (Wildman–Crippen MR) is 74.3 cm³/mol. The van der Waals surface area contributed by atoms with Crippen molar-refractivity contribution in [2.24, 2.45) is 0 Å². The van der Waals surface area contributed by atoms with Crippen LogP contribution in [0.15, 0.2) is 30.9 Å². The van der Waals surface area contributed by atoms with Crippen LogP contribution in [0.5, 0.6) is 0 Å². The molecule has 1 N–H and O–H groups in total. The van der Waals surface area contributed by atoms with Gasteiger partial charge in [-0.2, -0.15) is 5.10 Å². The van der Waals surface area contributed by atoms with Gasteiger partial charge in [-0.05, 0) is 12.8 Å². The van der Waals surface area contributed by atoms with Crippen molar-refractivity contribution in [1.29, 1.82) is 0 Å². The van der Waals surface area contributed by atoms with Gasteiger partial charge in [0.05, 0.1) is 18.4 Å². The molecule has 6 heteroatoms. The number of amides is 1. The van der Waals surface area contributed by atoms with E-state index in [2.05, 4.69) is 20.4 Å². The summed E-state index contributed by atoms with van der Waals surface area (Å²) in [5.41, 5.74) is 0.309. The molecule has 2 aromatic heterocycles. The molecule has 1 saturated carbocycles. The van der Waals surface area contributed by atoms with Crippen molar-refractivity contribution in [2.45, 2.75) is 38.1 Å². The molecule has 0 atom stereocenters. The van der Waals surface area contributed by atoms with Crippen LogP contribution in [0.3, 0.4) is 0 Å². The Hall–Kier alpha value is -2.24. The Balaban J connectivity index is 1.75. The van der Waals surface area contributed by atoms with Crippen LogP contribution in [0.2, 0.25) is 0 Å². The molecule has 3 rings (SSSR count). The van der Waals surface area contributed by atoms with E-state index in [1.165, 1.54) is 31.7 Å². The number of nitrogens with one attached hydrogen (secondary N) is 1. The first-order valence-corrected chi connectivity index (χ1v) is 6.95. The molecule has 20 heavy (non-hydrogen) atoms. The molecule has 1 fully saturated rings. The Morgan fingerprint density at radius 2 is 2.05 bits per heavy atom. The Labute approximate surface area is 117 Å². The Morgan fingerprint density at radius 3 is 2.80 bits per heavy atom. The van der Waals surface area contributed by atoms with Crippen molar-refractivity contribution >= 4 is 11.7 Å². The third-order valence-corrected chi connectivity index (χ3v) is 3.63. The molecule has 1 aliphatic carbocycles. The first-order chi connectivity index (χ1) is 9.84. The number of hydrogen-bond donors (Lipinski definition) is 1. The number of hydrogen-bond acceptors (Lipinski definition) is 4. The third-order valence-electron chi connectivity index (χ3n) is 3.63. The molecule has 0 saturated heterocycles. The van der Waals surface area contributed by atoms with Crippen molar-refractivity contribution in [3.63, 3.8) is 0 Å². The largest absolute Gasteiger partial charge is 0.305 e. The molecule has 0 bridgehead atoms. The van der Waals surface area contributed by atoms with E-state index in [0.717, 1.165) is 18.7 Å². The molecule has 0 aromatic carbocycles. The number of anilines is 1. The third kappa shape index (κ3) is 2.68. The van der Waals surface area contributed by atoms with Crippen molar-refractivity contribution in [3.8, 4) is 0 Å². The van der Waals surface area contributed by atoms with Gasteiger partial charge in [0.2, 0.25) is 0 Å². The van der Waals surface area contributed by atoms with E-state index in [4.69, 9.17) is 0 Å². The van der Waals surface area contributed by atoms with E-state index < -0.39 is 0 Å². The molecule has 2 heterocycles. The molecule has 0 radical (unpaired) electrons. The monoisotopic (exact) mass is 271 g/mol. The second-order valence-corrected chi connectivity index (χ2v) is 5.00. The number of nitrogens with zero attached hydrogens (tertiary/aromatic N) is 4. The van der Waals surface area contributed by atoms with E-state index in [9.17, 15) is 4.79 Å². The zero-order chi connectivity index (χ0) is 13.8. The minimum Gasteiger partial charge on any atom is -0.305 e. The van der Waals surface area contributed by atoms with Crippen molar-refractivity contribution in [2.75, 3.05) is 5.32 Å². The predicted octanol–water partition coefficient (Wildman–Crippen LogP) is 2.43. The number of carbonyl (C=O) groups excluding carboxylic acids is 1. The average Bonchev–Trinajstić information content (AvgIpc) is 2.97. The van der Waals surface area contributed by atoms with Crippen LogP contribution in [0, 0.1) is 0 Å². The van der Waals surface area contributed by atoms with Crippen molar-refractivity contribution in [1.82, 2.24) is 19.7 Å². The number of rotatable bonds is 3. The topological polar surface area (TPSA) is 72.7 Å². The quantitative estimate of drug-likeness (QED) is 0.930. The van der Waals surface area contributed by atoms with Gasteiger partial charge in [0, 0.05) is 18.5 Å². The van der Waals surface area contributed by atoms with Crippen LogP contribution in [-0.2, 0) is 0 Å². The van der Waals surface area contributed by atoms with Gasteiger partial charge >= 0.3 is 0 Å². The molecular formula is C14H17N5O. The van der Waals surface area contributed by atoms with Crippen LogP contribution < -0.4 is 5.32 Å². The van der Waals surface area contributed by atoms with Gasteiger partial charge in [-0.25, -0.2) is 9.67 Å². The summed E-state index contributed by atoms with van der Waals surface area (Å²) in [5.74, 6) is 0.475. The van der Waals surface area contributed by atoms with Crippen LogP contribution in [0.25, 0.3) is 0 Å². The highest BCUT2D eigenvalue weighted by molar-refractivity contribution is 6.02. The lowest BCUT2D eigenvalue weighted by Gasteiger charge is -2.23. The molecule has 0 spiro atoms. The average molecular weight is 271 g/mol. The van der Waals surface area contributed by atoms with Gasteiger partial charge < -0.3 is 5.32 Å². The van der Waals surface area contributed by atoms with Gasteiger partial charge in [-0.3, -0.25) is 9.78 Å². The van der Waals surface area contributed by atoms with Gasteiger partial charge in [0.15, 0.2) is 0 Å². The van der Waals surface area contributed by atoms with E-state index in [1.54, 1.807) is 12.4 Å². The maximum atomic E-state index is 12.1. The summed E-state index contributed by atoms with van der Waals surface area (Å²) in [6.07, 6.45) is 12.2. The molecule has 1 amide bonds. The van der Waals surface area contributed by atoms with Crippen LogP contribution in [-0.4, -0.2) is 25.7 Å². The Kier molecular flexibility index (Phi) is 3.71. The zero-order valence-electron chi connectivity index (χ0n) is 11.2. The number of aromatic nitrogens is 4. The second kappa shape index (κ2) is 5.81. The minimum atomic E-state index is -0.254. The van der Waals surface area contributed by atoms with E-state index >= 15 is 0 Å². The van der Waals surface area contributed by atoms with Gasteiger partial charge in [-0.1, -0.05) is 19.3 Å². The number of carbonyl (C=O) groups is 1. The summed E-state index contributed by atoms with van der Waals surface area (Å²) in [6, 6.07) is 2.21. The Bertz CT molecular complexity index is 574. The second-order valence-electron chi connectivity index (χ2n) is 5.00. The molecular weight excluding hydrogens is 254 g/mol. The molecule has 2 aromatic rings. The fraction of sp³-hybridized carbons (Fsp3) is 0.429. The van der Waals surface area contributed by atoms with E-state index in [1.807, 2.05) is 10.7 Å². The fourth-order valence-corrected chi connectivity index (χ4v) is 2.63. The molecule has 1 aliphatic rings. The highest BCUT2D eigenvalue weighted by Crippen LogP contribution is 2.29. The van der Waals surface area contributed by atoms with Gasteiger partial charge in [0.25, 0.3) is 5.91 Å². The SMILES string of the molecule is O=C(Nc1ccnn1C1CCCCC1)c1cnccn1. The van der Waals surface area contributed by atoms with Gasteiger partial charge in [-0.15, -0.1) is 0 Å². The maximum absolute atomic E-state index is 12.1. The summed E-state index contributed by atoms with van der Waals surface area (Å²) in [4.78, 5) is 20.0. The highest BCUT2D eigenvalue weighted by atomic mass is 16.2.